The Morgan fingerprint density at radius 1 is 0.655 bits per heavy atom. The Labute approximate surface area is 502 Å². The summed E-state index contributed by atoms with van der Waals surface area (Å²) in [6, 6.07) is -3.19. The largest absolute Gasteiger partial charge is 0.480 e. The highest BCUT2D eigenvalue weighted by atomic mass is 16.4. The third kappa shape index (κ3) is 24.5. The highest BCUT2D eigenvalue weighted by molar-refractivity contribution is 5.98. The molecule has 1 aromatic carbocycles. The number of carboxylic acids is 1. The SMILES string of the molecule is CCCC[C@H](NC(=O)[C@H](CC1CCCCC1)NC(=O)[C@H](CCC(N)=O)NC(=O)CNC(=O)[C@@H](NC(=O)[C@H](C)NC(=O)[C@H](Cc1c[nH]c2ccccc12)NC(=O)[C@H](CCC(N)=O)NC(=O)CCNC(=O)Cn1cc(CC(N)C(=O)O)nn1)C(C)C)C(N)=O. The lowest BCUT2D eigenvalue weighted by molar-refractivity contribution is -0.138. The van der Waals surface area contributed by atoms with Crippen molar-refractivity contribution in [2.24, 2.45) is 34.8 Å². The fourth-order valence-electron chi connectivity index (χ4n) is 9.66. The number of nitrogens with zero attached hydrogens (tertiary/aromatic N) is 3. The van der Waals surface area contributed by atoms with E-state index in [-0.39, 0.29) is 82.5 Å². The molecule has 2 aromatic heterocycles. The summed E-state index contributed by atoms with van der Waals surface area (Å²) in [5.41, 5.74) is 23.5. The minimum atomic E-state index is -1.43. The van der Waals surface area contributed by atoms with Crippen LogP contribution in [0.5, 0.6) is 0 Å². The molecule has 0 radical (unpaired) electrons. The van der Waals surface area contributed by atoms with Crippen LogP contribution in [0.25, 0.3) is 10.9 Å². The van der Waals surface area contributed by atoms with E-state index < -0.39 is 138 Å². The summed E-state index contributed by atoms with van der Waals surface area (Å²) >= 11 is 0. The Hall–Kier alpha value is -9.03. The van der Waals surface area contributed by atoms with Crippen molar-refractivity contribution in [3.8, 4) is 0 Å². The van der Waals surface area contributed by atoms with Crippen LogP contribution in [0.1, 0.15) is 129 Å². The van der Waals surface area contributed by atoms with Crippen molar-refractivity contribution in [1.82, 2.24) is 67.8 Å². The van der Waals surface area contributed by atoms with Gasteiger partial charge in [0.05, 0.1) is 12.2 Å². The Morgan fingerprint density at radius 2 is 1.25 bits per heavy atom. The van der Waals surface area contributed by atoms with Crippen LogP contribution < -0.4 is 70.8 Å². The number of amides is 12. The molecule has 8 atom stereocenters. The molecule has 1 unspecified atom stereocenters. The van der Waals surface area contributed by atoms with Crippen LogP contribution in [0.4, 0.5) is 0 Å². The molecule has 31 nitrogen and oxygen atoms in total. The van der Waals surface area contributed by atoms with Crippen LogP contribution in [0, 0.1) is 11.8 Å². The number of primary amides is 3. The van der Waals surface area contributed by atoms with Gasteiger partial charge in [-0.15, -0.1) is 5.10 Å². The van der Waals surface area contributed by atoms with Crippen LogP contribution in [0.3, 0.4) is 0 Å². The van der Waals surface area contributed by atoms with Crippen LogP contribution in [0.2, 0.25) is 0 Å². The first-order valence-electron chi connectivity index (χ1n) is 29.2. The minimum absolute atomic E-state index is 0.0737. The number of H-pyrrole nitrogens is 1. The molecule has 1 aliphatic rings. The van der Waals surface area contributed by atoms with Crippen molar-refractivity contribution in [2.75, 3.05) is 13.1 Å². The number of aliphatic carboxylic acids is 1. The molecular formula is C56H85N17O14. The second kappa shape index (κ2) is 35.4. The Bertz CT molecular complexity index is 2900. The average Bonchev–Trinajstić information content (AvgIpc) is 4.36. The number of aromatic amines is 1. The summed E-state index contributed by atoms with van der Waals surface area (Å²) in [5.74, 6) is -11.2. The lowest BCUT2D eigenvalue weighted by atomic mass is 9.84. The van der Waals surface area contributed by atoms with Crippen LogP contribution in [-0.2, 0) is 81.7 Å². The molecule has 1 aliphatic carbocycles. The van der Waals surface area contributed by atoms with E-state index in [1.54, 1.807) is 44.3 Å². The van der Waals surface area contributed by atoms with Crippen LogP contribution >= 0.6 is 0 Å². The van der Waals surface area contributed by atoms with Gasteiger partial charge in [0.2, 0.25) is 70.9 Å². The van der Waals surface area contributed by atoms with Crippen molar-refractivity contribution < 1.29 is 67.4 Å². The van der Waals surface area contributed by atoms with Gasteiger partial charge < -0.3 is 80.9 Å². The molecule has 87 heavy (non-hydrogen) atoms. The molecule has 1 saturated carbocycles. The third-order valence-corrected chi connectivity index (χ3v) is 14.6. The van der Waals surface area contributed by atoms with Gasteiger partial charge in [-0.25, -0.2) is 4.68 Å². The summed E-state index contributed by atoms with van der Waals surface area (Å²) in [7, 11) is 0. The number of hydrogen-bond acceptors (Lipinski definition) is 16. The second-order valence-corrected chi connectivity index (χ2v) is 22.1. The van der Waals surface area contributed by atoms with Gasteiger partial charge in [-0.05, 0) is 56.1 Å². The maximum absolute atomic E-state index is 14.2. The number of unbranched alkanes of at least 4 members (excludes halogenated alkanes) is 1. The molecule has 0 aliphatic heterocycles. The van der Waals surface area contributed by atoms with Crippen molar-refractivity contribution in [1.29, 1.82) is 0 Å². The van der Waals surface area contributed by atoms with E-state index in [1.807, 2.05) is 6.92 Å². The van der Waals surface area contributed by atoms with Gasteiger partial charge in [0.15, 0.2) is 0 Å². The zero-order valence-corrected chi connectivity index (χ0v) is 49.6. The fraction of sp³-hybridized carbons (Fsp3) is 0.589. The number of carbonyl (C=O) groups is 13. The van der Waals surface area contributed by atoms with Gasteiger partial charge in [-0.3, -0.25) is 62.3 Å². The van der Waals surface area contributed by atoms with E-state index in [4.69, 9.17) is 28.0 Å². The summed E-state index contributed by atoms with van der Waals surface area (Å²) in [6.45, 7) is 5.17. The van der Waals surface area contributed by atoms with Gasteiger partial charge in [0.1, 0.15) is 54.9 Å². The van der Waals surface area contributed by atoms with E-state index in [9.17, 15) is 62.3 Å². The molecule has 478 valence electrons. The first kappa shape index (κ1) is 70.5. The molecule has 1 fully saturated rings. The first-order chi connectivity index (χ1) is 41.2. The number of para-hydroxylation sites is 1. The zero-order valence-electron chi connectivity index (χ0n) is 49.6. The summed E-state index contributed by atoms with van der Waals surface area (Å²) in [5, 5.41) is 40.4. The van der Waals surface area contributed by atoms with E-state index in [0.717, 1.165) is 43.2 Å². The van der Waals surface area contributed by atoms with Gasteiger partial charge >= 0.3 is 5.97 Å². The maximum atomic E-state index is 14.2. The third-order valence-electron chi connectivity index (χ3n) is 14.6. The highest BCUT2D eigenvalue weighted by Crippen LogP contribution is 2.28. The molecule has 4 rings (SSSR count). The van der Waals surface area contributed by atoms with Crippen molar-refractivity contribution in [3.63, 3.8) is 0 Å². The van der Waals surface area contributed by atoms with Gasteiger partial charge in [-0.2, -0.15) is 0 Å². The van der Waals surface area contributed by atoms with E-state index in [0.29, 0.717) is 22.9 Å². The molecule has 31 heteroatoms. The minimum Gasteiger partial charge on any atom is -0.480 e. The molecule has 2 heterocycles. The molecule has 0 saturated heterocycles. The highest BCUT2D eigenvalue weighted by Gasteiger charge is 2.34. The molecular weight excluding hydrogens is 1130 g/mol. The maximum Gasteiger partial charge on any atom is 0.320 e. The monoisotopic (exact) mass is 1220 g/mol. The number of carbonyl (C=O) groups excluding carboxylic acids is 12. The van der Waals surface area contributed by atoms with Gasteiger partial charge in [0, 0.05) is 61.9 Å². The van der Waals surface area contributed by atoms with Crippen LogP contribution in [0.15, 0.2) is 36.7 Å². The number of hydrogen-bond donors (Lipinski definition) is 15. The normalized spacial score (nSPS) is 15.1. The number of rotatable bonds is 38. The van der Waals surface area contributed by atoms with Crippen molar-refractivity contribution in [3.05, 3.63) is 47.9 Å². The number of nitrogens with one attached hydrogen (secondary N) is 10. The number of benzene rings is 1. The number of carboxylic acid groups (broad SMARTS) is 1. The topological polar surface area (TPSA) is 501 Å². The average molecular weight is 1220 g/mol. The van der Waals surface area contributed by atoms with Crippen molar-refractivity contribution in [2.45, 2.75) is 185 Å². The van der Waals surface area contributed by atoms with Crippen molar-refractivity contribution >= 4 is 87.8 Å². The predicted molar refractivity (Wildman–Crippen MR) is 313 cm³/mol. The quantitative estimate of drug-likeness (QED) is 0.0269. The number of fused-ring (bicyclic) bond motifs is 1. The first-order valence-corrected chi connectivity index (χ1v) is 29.2. The van der Waals surface area contributed by atoms with Crippen LogP contribution in [-0.4, -0.2) is 163 Å². The van der Waals surface area contributed by atoms with Gasteiger partial charge in [0.25, 0.3) is 0 Å². The molecule has 12 amide bonds. The molecule has 0 spiro atoms. The van der Waals surface area contributed by atoms with E-state index in [2.05, 4.69) is 63.1 Å². The Balaban J connectivity index is 1.41. The molecule has 0 bridgehead atoms. The summed E-state index contributed by atoms with van der Waals surface area (Å²) in [6.07, 6.45) is 7.42. The zero-order chi connectivity index (χ0) is 64.3. The second-order valence-electron chi connectivity index (χ2n) is 22.1. The van der Waals surface area contributed by atoms with Gasteiger partial charge in [-0.1, -0.05) is 89.1 Å². The Kier molecular flexibility index (Phi) is 28.7. The lowest BCUT2D eigenvalue weighted by Crippen LogP contribution is -2.59. The summed E-state index contributed by atoms with van der Waals surface area (Å²) in [4.78, 5) is 173. The molecule has 3 aromatic rings. The predicted octanol–water partition coefficient (Wildman–Crippen LogP) is -3.17. The van der Waals surface area contributed by atoms with E-state index in [1.165, 1.54) is 13.1 Å². The van der Waals surface area contributed by atoms with E-state index >= 15 is 0 Å². The summed E-state index contributed by atoms with van der Waals surface area (Å²) < 4.78 is 1.15. The number of aromatic nitrogens is 4. The molecule has 19 N–H and O–H groups in total. The number of nitrogens with two attached hydrogens (primary N) is 4. The lowest BCUT2D eigenvalue weighted by Gasteiger charge is -2.29. The smallest absolute Gasteiger partial charge is 0.320 e. The standard InChI is InChI=1S/C56H85N17O14/c1-5-6-15-38(49(60)79)67-54(84)41(23-32-12-8-7-9-13-32)68-52(82)40(18-20-44(59)75)66-46(77)27-63-55(85)48(30(2)3)70-50(80)31(4)64-53(83)42(24-33-26-62-37-16-11-10-14-35(33)37)69-51(81)39(17-19-43(58)74)65-45(76)21-22-61-47(78)29-73-28-34(71-72-73)25-36(57)56(86)87/h10-11,14,16,26,28,30-32,36,38-42,48,62H,5-9,12-13,15,17-25,27,29,57H2,1-4H3,(H2,58,74)(H2,59,75)(H2,60,79)(H,61,78)(H,63,85)(H,64,83)(H,65,76)(H,66,77)(H,67,84)(H,68,82)(H,69,81)(H,70,80)(H,86,87)/t31-,36?,38-,39-,40-,41-,42-,48-/m0/s1. The fourth-order valence-corrected chi connectivity index (χ4v) is 9.66. The Morgan fingerprint density at radius 3 is 1.86 bits per heavy atom.